The molecule has 0 aromatic heterocycles. The number of halogens is 1. The van der Waals surface area contributed by atoms with Crippen LogP contribution in [0.2, 0.25) is 5.02 Å². The quantitative estimate of drug-likeness (QED) is 0.664. The van der Waals surface area contributed by atoms with Gasteiger partial charge in [-0.05, 0) is 56.1 Å². The summed E-state index contributed by atoms with van der Waals surface area (Å²) in [6, 6.07) is 4.71. The number of rotatable bonds is 4. The molecule has 1 saturated carbocycles. The standard InChI is InChI=1S/C16H23ClN2O2/c1-11(2)12-5-7-16(18,8-6-12)10-13-9-14(17)3-4-15(13)19(20)21/h3-4,9,11-12H,5-8,10,18H2,1-2H3. The van der Waals surface area contributed by atoms with E-state index in [1.807, 2.05) is 0 Å². The molecule has 0 radical (unpaired) electrons. The van der Waals surface area contributed by atoms with E-state index in [0.29, 0.717) is 22.9 Å². The fourth-order valence-electron chi connectivity index (χ4n) is 3.31. The Kier molecular flexibility index (Phi) is 4.89. The molecule has 1 aromatic carbocycles. The Balaban J connectivity index is 2.15. The third-order valence-corrected chi connectivity index (χ3v) is 4.98. The lowest BCUT2D eigenvalue weighted by Gasteiger charge is -2.38. The second-order valence-electron chi connectivity index (χ2n) is 6.65. The van der Waals surface area contributed by atoms with E-state index in [1.165, 1.54) is 6.07 Å². The summed E-state index contributed by atoms with van der Waals surface area (Å²) in [6.07, 6.45) is 4.55. The summed E-state index contributed by atoms with van der Waals surface area (Å²) >= 11 is 5.99. The van der Waals surface area contributed by atoms with Crippen LogP contribution in [0.15, 0.2) is 18.2 Å². The molecule has 0 aliphatic heterocycles. The average Bonchev–Trinajstić information content (AvgIpc) is 2.38. The minimum Gasteiger partial charge on any atom is -0.325 e. The zero-order valence-electron chi connectivity index (χ0n) is 12.6. The van der Waals surface area contributed by atoms with E-state index in [4.69, 9.17) is 17.3 Å². The zero-order chi connectivity index (χ0) is 15.6. The highest BCUT2D eigenvalue weighted by molar-refractivity contribution is 6.30. The van der Waals surface area contributed by atoms with E-state index in [1.54, 1.807) is 12.1 Å². The van der Waals surface area contributed by atoms with Gasteiger partial charge in [0.05, 0.1) is 4.92 Å². The summed E-state index contributed by atoms with van der Waals surface area (Å²) in [4.78, 5) is 10.8. The van der Waals surface area contributed by atoms with Crippen molar-refractivity contribution >= 4 is 17.3 Å². The Morgan fingerprint density at radius 2 is 2.05 bits per heavy atom. The largest absolute Gasteiger partial charge is 0.325 e. The smallest absolute Gasteiger partial charge is 0.272 e. The Morgan fingerprint density at radius 1 is 1.43 bits per heavy atom. The van der Waals surface area contributed by atoms with Crippen molar-refractivity contribution in [1.82, 2.24) is 0 Å². The van der Waals surface area contributed by atoms with Gasteiger partial charge in [-0.25, -0.2) is 0 Å². The molecule has 0 amide bonds. The van der Waals surface area contributed by atoms with Crippen LogP contribution in [-0.2, 0) is 6.42 Å². The number of hydrogen-bond acceptors (Lipinski definition) is 3. The monoisotopic (exact) mass is 310 g/mol. The highest BCUT2D eigenvalue weighted by Crippen LogP contribution is 2.37. The predicted octanol–water partition coefficient (Wildman–Crippen LogP) is 4.33. The van der Waals surface area contributed by atoms with Crippen LogP contribution in [0.4, 0.5) is 5.69 Å². The lowest BCUT2D eigenvalue weighted by atomic mass is 9.71. The van der Waals surface area contributed by atoms with E-state index >= 15 is 0 Å². The van der Waals surface area contributed by atoms with Gasteiger partial charge in [-0.2, -0.15) is 0 Å². The fourth-order valence-corrected chi connectivity index (χ4v) is 3.51. The van der Waals surface area contributed by atoms with Crippen molar-refractivity contribution in [3.63, 3.8) is 0 Å². The molecule has 1 aliphatic rings. The van der Waals surface area contributed by atoms with E-state index < -0.39 is 0 Å². The normalized spacial score (nSPS) is 26.0. The van der Waals surface area contributed by atoms with Crippen molar-refractivity contribution in [2.24, 2.45) is 17.6 Å². The van der Waals surface area contributed by atoms with Crippen LogP contribution in [0.5, 0.6) is 0 Å². The number of nitro benzene ring substituents is 1. The summed E-state index contributed by atoms with van der Waals surface area (Å²) in [6.45, 7) is 4.49. The van der Waals surface area contributed by atoms with Crippen molar-refractivity contribution < 1.29 is 4.92 Å². The molecular weight excluding hydrogens is 288 g/mol. The van der Waals surface area contributed by atoms with Gasteiger partial charge in [0, 0.05) is 22.2 Å². The maximum absolute atomic E-state index is 11.1. The summed E-state index contributed by atoms with van der Waals surface area (Å²) in [5.74, 6) is 1.39. The van der Waals surface area contributed by atoms with Crippen molar-refractivity contribution in [2.45, 2.75) is 51.5 Å². The summed E-state index contributed by atoms with van der Waals surface area (Å²) in [7, 11) is 0. The Bertz CT molecular complexity index is 523. The van der Waals surface area contributed by atoms with Gasteiger partial charge in [0.25, 0.3) is 5.69 Å². The van der Waals surface area contributed by atoms with Gasteiger partial charge in [0.2, 0.25) is 0 Å². The number of nitrogens with zero attached hydrogens (tertiary/aromatic N) is 1. The molecule has 1 fully saturated rings. The minimum atomic E-state index is -0.352. The first kappa shape index (κ1) is 16.2. The summed E-state index contributed by atoms with van der Waals surface area (Å²) in [5, 5.41) is 11.7. The van der Waals surface area contributed by atoms with Gasteiger partial charge in [0.1, 0.15) is 0 Å². The molecule has 0 atom stereocenters. The van der Waals surface area contributed by atoms with Crippen molar-refractivity contribution in [3.8, 4) is 0 Å². The van der Waals surface area contributed by atoms with Gasteiger partial charge < -0.3 is 5.73 Å². The maximum Gasteiger partial charge on any atom is 0.272 e. The first-order chi connectivity index (χ1) is 9.81. The Labute approximate surface area is 130 Å². The number of benzene rings is 1. The first-order valence-corrected chi connectivity index (χ1v) is 7.90. The molecule has 1 aromatic rings. The third-order valence-electron chi connectivity index (χ3n) is 4.75. The van der Waals surface area contributed by atoms with E-state index in [2.05, 4.69) is 13.8 Å². The van der Waals surface area contributed by atoms with Crippen molar-refractivity contribution in [3.05, 3.63) is 38.9 Å². The number of nitro groups is 1. The Morgan fingerprint density at radius 3 is 2.57 bits per heavy atom. The van der Waals surface area contributed by atoms with Crippen LogP contribution in [0.1, 0.15) is 45.1 Å². The maximum atomic E-state index is 11.1. The van der Waals surface area contributed by atoms with E-state index in [0.717, 1.165) is 31.6 Å². The zero-order valence-corrected chi connectivity index (χ0v) is 13.4. The van der Waals surface area contributed by atoms with Gasteiger partial charge in [-0.3, -0.25) is 10.1 Å². The second kappa shape index (κ2) is 6.32. The Hall–Kier alpha value is -1.13. The van der Waals surface area contributed by atoms with Gasteiger partial charge >= 0.3 is 0 Å². The molecule has 5 heteroatoms. The van der Waals surface area contributed by atoms with E-state index in [9.17, 15) is 10.1 Å². The topological polar surface area (TPSA) is 69.2 Å². The predicted molar refractivity (Wildman–Crippen MR) is 85.5 cm³/mol. The average molecular weight is 311 g/mol. The molecule has 0 spiro atoms. The van der Waals surface area contributed by atoms with Crippen LogP contribution < -0.4 is 5.73 Å². The lowest BCUT2D eigenvalue weighted by Crippen LogP contribution is -2.46. The highest BCUT2D eigenvalue weighted by Gasteiger charge is 2.34. The lowest BCUT2D eigenvalue weighted by molar-refractivity contribution is -0.385. The molecule has 116 valence electrons. The van der Waals surface area contributed by atoms with Gasteiger partial charge in [-0.15, -0.1) is 0 Å². The molecule has 21 heavy (non-hydrogen) atoms. The molecule has 0 saturated heterocycles. The first-order valence-electron chi connectivity index (χ1n) is 7.52. The molecule has 1 aliphatic carbocycles. The van der Waals surface area contributed by atoms with Crippen LogP contribution in [0.25, 0.3) is 0 Å². The molecule has 2 N–H and O–H groups in total. The molecular formula is C16H23ClN2O2. The van der Waals surface area contributed by atoms with Crippen LogP contribution in [-0.4, -0.2) is 10.5 Å². The van der Waals surface area contributed by atoms with Crippen LogP contribution in [0, 0.1) is 22.0 Å². The molecule has 2 rings (SSSR count). The molecule has 0 bridgehead atoms. The van der Waals surface area contributed by atoms with Crippen molar-refractivity contribution in [2.75, 3.05) is 0 Å². The van der Waals surface area contributed by atoms with Crippen molar-refractivity contribution in [1.29, 1.82) is 0 Å². The molecule has 0 heterocycles. The van der Waals surface area contributed by atoms with Crippen LogP contribution >= 0.6 is 11.6 Å². The SMILES string of the molecule is CC(C)C1CCC(N)(Cc2cc(Cl)ccc2[N+](=O)[O-])CC1. The fraction of sp³-hybridized carbons (Fsp3) is 0.625. The highest BCUT2D eigenvalue weighted by atomic mass is 35.5. The van der Waals surface area contributed by atoms with Crippen LogP contribution in [0.3, 0.4) is 0 Å². The van der Waals surface area contributed by atoms with Gasteiger partial charge in [0.15, 0.2) is 0 Å². The number of nitrogens with two attached hydrogens (primary N) is 1. The second-order valence-corrected chi connectivity index (χ2v) is 7.09. The third kappa shape index (κ3) is 3.95. The summed E-state index contributed by atoms with van der Waals surface area (Å²) in [5.41, 5.74) is 6.93. The molecule has 0 unspecified atom stereocenters. The molecule has 4 nitrogen and oxygen atoms in total. The van der Waals surface area contributed by atoms with Gasteiger partial charge in [-0.1, -0.05) is 25.4 Å². The summed E-state index contributed by atoms with van der Waals surface area (Å²) < 4.78 is 0. The minimum absolute atomic E-state index is 0.121. The van der Waals surface area contributed by atoms with E-state index in [-0.39, 0.29) is 16.1 Å². The number of hydrogen-bond donors (Lipinski definition) is 1.